The van der Waals surface area contributed by atoms with Gasteiger partial charge in [-0.3, -0.25) is 9.78 Å². The van der Waals surface area contributed by atoms with Crippen LogP contribution in [-0.4, -0.2) is 16.1 Å². The molecule has 20 heavy (non-hydrogen) atoms. The lowest BCUT2D eigenvalue weighted by molar-refractivity contribution is -0.138. The molecule has 1 atom stereocenters. The van der Waals surface area contributed by atoms with Crippen LogP contribution in [0.15, 0.2) is 36.5 Å². The predicted molar refractivity (Wildman–Crippen MR) is 74.5 cm³/mol. The van der Waals surface area contributed by atoms with Crippen molar-refractivity contribution in [1.82, 2.24) is 4.98 Å². The smallest absolute Gasteiger partial charge is 0.313 e. The number of aryl methyl sites for hydroxylation is 1. The molecule has 1 heterocycles. The summed E-state index contributed by atoms with van der Waals surface area (Å²) in [6.07, 6.45) is 1.45. The van der Waals surface area contributed by atoms with Crippen molar-refractivity contribution in [3.05, 3.63) is 64.2 Å². The van der Waals surface area contributed by atoms with Crippen LogP contribution in [0.5, 0.6) is 0 Å². The quantitative estimate of drug-likeness (QED) is 0.937. The number of aromatic nitrogens is 1. The molecule has 0 saturated carbocycles. The molecule has 1 unspecified atom stereocenters. The van der Waals surface area contributed by atoms with Gasteiger partial charge in [0.1, 0.15) is 11.7 Å². The maximum atomic E-state index is 13.9. The van der Waals surface area contributed by atoms with Gasteiger partial charge in [-0.2, -0.15) is 0 Å². The Morgan fingerprint density at radius 2 is 2.15 bits per heavy atom. The number of carbonyl (C=O) groups is 1. The Morgan fingerprint density at radius 3 is 2.75 bits per heavy atom. The largest absolute Gasteiger partial charge is 0.481 e. The molecule has 0 fully saturated rings. The fourth-order valence-corrected chi connectivity index (χ4v) is 2.19. The first-order valence-electron chi connectivity index (χ1n) is 6.07. The van der Waals surface area contributed by atoms with Gasteiger partial charge in [-0.25, -0.2) is 4.39 Å². The highest BCUT2D eigenvalue weighted by atomic mass is 35.5. The molecule has 3 nitrogen and oxygen atoms in total. The predicted octanol–water partition coefficient (Wildman–Crippen LogP) is 3.59. The molecular formula is C15H13ClFNO2. The maximum Gasteiger partial charge on any atom is 0.313 e. The maximum absolute atomic E-state index is 13.9. The second-order valence-corrected chi connectivity index (χ2v) is 4.98. The summed E-state index contributed by atoms with van der Waals surface area (Å²) >= 11 is 5.64. The summed E-state index contributed by atoms with van der Waals surface area (Å²) in [6, 6.07) is 8.50. The van der Waals surface area contributed by atoms with Crippen molar-refractivity contribution in [3.63, 3.8) is 0 Å². The number of aliphatic carboxylic acids is 1. The summed E-state index contributed by atoms with van der Waals surface area (Å²) in [4.78, 5) is 15.3. The molecule has 0 amide bonds. The van der Waals surface area contributed by atoms with Crippen LogP contribution in [-0.2, 0) is 11.2 Å². The van der Waals surface area contributed by atoms with E-state index in [4.69, 9.17) is 11.6 Å². The fraction of sp³-hybridized carbons (Fsp3) is 0.200. The van der Waals surface area contributed by atoms with E-state index in [1.54, 1.807) is 0 Å². The molecule has 104 valence electrons. The Bertz CT molecular complexity index is 646. The summed E-state index contributed by atoms with van der Waals surface area (Å²) in [5.74, 6) is -2.84. The van der Waals surface area contributed by atoms with Crippen molar-refractivity contribution in [2.75, 3.05) is 0 Å². The Balaban J connectivity index is 2.37. The van der Waals surface area contributed by atoms with E-state index < -0.39 is 17.7 Å². The average Bonchev–Trinajstić information content (AvgIpc) is 2.38. The van der Waals surface area contributed by atoms with Crippen molar-refractivity contribution >= 4 is 17.6 Å². The number of hydrogen-bond acceptors (Lipinski definition) is 2. The van der Waals surface area contributed by atoms with E-state index >= 15 is 0 Å². The van der Waals surface area contributed by atoms with E-state index in [0.717, 1.165) is 17.2 Å². The number of halogens is 2. The van der Waals surface area contributed by atoms with Gasteiger partial charge >= 0.3 is 5.97 Å². The third kappa shape index (κ3) is 3.14. The first-order valence-corrected chi connectivity index (χ1v) is 6.45. The van der Waals surface area contributed by atoms with Gasteiger partial charge in [-0.05, 0) is 30.5 Å². The summed E-state index contributed by atoms with van der Waals surface area (Å²) in [7, 11) is 0. The molecule has 0 aliphatic heterocycles. The van der Waals surface area contributed by atoms with Crippen LogP contribution in [0, 0.1) is 12.7 Å². The molecular weight excluding hydrogens is 281 g/mol. The normalized spacial score (nSPS) is 12.2. The average molecular weight is 294 g/mol. The van der Waals surface area contributed by atoms with Crippen LogP contribution in [0.1, 0.15) is 22.7 Å². The number of nitrogens with zero attached hydrogens (tertiary/aromatic N) is 1. The van der Waals surface area contributed by atoms with E-state index in [1.807, 2.05) is 31.2 Å². The Labute approximate surface area is 121 Å². The molecule has 0 saturated heterocycles. The van der Waals surface area contributed by atoms with Crippen molar-refractivity contribution in [1.29, 1.82) is 0 Å². The molecule has 1 N–H and O–H groups in total. The summed E-state index contributed by atoms with van der Waals surface area (Å²) in [6.45, 7) is 1.89. The van der Waals surface area contributed by atoms with E-state index in [0.29, 0.717) is 0 Å². The SMILES string of the molecule is Cc1ccccc1CC(C(=O)O)c1ncc(Cl)cc1F. The lowest BCUT2D eigenvalue weighted by atomic mass is 9.93. The number of carboxylic acids is 1. The lowest BCUT2D eigenvalue weighted by Gasteiger charge is -2.14. The van der Waals surface area contributed by atoms with Crippen molar-refractivity contribution in [3.8, 4) is 0 Å². The van der Waals surface area contributed by atoms with Crippen LogP contribution >= 0.6 is 11.6 Å². The molecule has 0 bridgehead atoms. The van der Waals surface area contributed by atoms with Gasteiger partial charge in [0.05, 0.1) is 10.7 Å². The van der Waals surface area contributed by atoms with Crippen LogP contribution in [0.2, 0.25) is 5.02 Å². The third-order valence-electron chi connectivity index (χ3n) is 3.15. The molecule has 2 rings (SSSR count). The minimum atomic E-state index is -1.11. The van der Waals surface area contributed by atoms with Gasteiger partial charge in [-0.1, -0.05) is 35.9 Å². The molecule has 2 aromatic rings. The molecule has 5 heteroatoms. The van der Waals surface area contributed by atoms with Crippen molar-refractivity contribution in [2.45, 2.75) is 19.3 Å². The van der Waals surface area contributed by atoms with Crippen LogP contribution in [0.3, 0.4) is 0 Å². The zero-order valence-corrected chi connectivity index (χ0v) is 11.6. The number of pyridine rings is 1. The minimum absolute atomic E-state index is 0.0925. The minimum Gasteiger partial charge on any atom is -0.481 e. The highest BCUT2D eigenvalue weighted by Gasteiger charge is 2.25. The third-order valence-corrected chi connectivity index (χ3v) is 3.36. The van der Waals surface area contributed by atoms with Gasteiger partial charge in [0, 0.05) is 6.20 Å². The Morgan fingerprint density at radius 1 is 1.45 bits per heavy atom. The fourth-order valence-electron chi connectivity index (χ4n) is 2.04. The van der Waals surface area contributed by atoms with E-state index in [2.05, 4.69) is 4.98 Å². The second-order valence-electron chi connectivity index (χ2n) is 4.54. The van der Waals surface area contributed by atoms with Gasteiger partial charge in [0.15, 0.2) is 0 Å². The van der Waals surface area contributed by atoms with E-state index in [-0.39, 0.29) is 17.1 Å². The standard InChI is InChI=1S/C15H13ClFNO2/c1-9-4-2-3-5-10(9)6-12(15(19)20)14-13(17)7-11(16)8-18-14/h2-5,7-8,12H,6H2,1H3,(H,19,20). The van der Waals surface area contributed by atoms with E-state index in [1.165, 1.54) is 6.20 Å². The number of rotatable bonds is 4. The number of benzene rings is 1. The van der Waals surface area contributed by atoms with Gasteiger partial charge in [0.2, 0.25) is 0 Å². The zero-order chi connectivity index (χ0) is 14.7. The molecule has 1 aromatic carbocycles. The molecule has 1 aromatic heterocycles. The van der Waals surface area contributed by atoms with Crippen molar-refractivity contribution in [2.24, 2.45) is 0 Å². The zero-order valence-electron chi connectivity index (χ0n) is 10.8. The van der Waals surface area contributed by atoms with Crippen LogP contribution in [0.25, 0.3) is 0 Å². The van der Waals surface area contributed by atoms with Gasteiger partial charge in [-0.15, -0.1) is 0 Å². The number of hydrogen-bond donors (Lipinski definition) is 1. The van der Waals surface area contributed by atoms with Crippen LogP contribution < -0.4 is 0 Å². The highest BCUT2D eigenvalue weighted by molar-refractivity contribution is 6.30. The Kier molecular flexibility index (Phi) is 4.35. The monoisotopic (exact) mass is 293 g/mol. The molecule has 0 aliphatic carbocycles. The summed E-state index contributed by atoms with van der Waals surface area (Å²) in [5.41, 5.74) is 1.73. The first-order chi connectivity index (χ1) is 9.49. The Hall–Kier alpha value is -1.94. The number of carboxylic acid groups (broad SMARTS) is 1. The molecule has 0 aliphatic rings. The first kappa shape index (κ1) is 14.5. The van der Waals surface area contributed by atoms with E-state index in [9.17, 15) is 14.3 Å². The van der Waals surface area contributed by atoms with Gasteiger partial charge < -0.3 is 5.11 Å². The summed E-state index contributed by atoms with van der Waals surface area (Å²) < 4.78 is 13.9. The second kappa shape index (κ2) is 6.01. The molecule has 0 radical (unpaired) electrons. The van der Waals surface area contributed by atoms with Gasteiger partial charge in [0.25, 0.3) is 0 Å². The topological polar surface area (TPSA) is 50.2 Å². The van der Waals surface area contributed by atoms with Crippen LogP contribution in [0.4, 0.5) is 4.39 Å². The highest BCUT2D eigenvalue weighted by Crippen LogP contribution is 2.25. The molecule has 0 spiro atoms. The lowest BCUT2D eigenvalue weighted by Crippen LogP contribution is -2.18. The summed E-state index contributed by atoms with van der Waals surface area (Å²) in [5, 5.41) is 9.48. The van der Waals surface area contributed by atoms with Crippen molar-refractivity contribution < 1.29 is 14.3 Å².